The van der Waals surface area contributed by atoms with Gasteiger partial charge in [-0.3, -0.25) is 4.79 Å². The van der Waals surface area contributed by atoms with E-state index in [1.54, 1.807) is 0 Å². The van der Waals surface area contributed by atoms with Crippen LogP contribution in [0.3, 0.4) is 0 Å². The van der Waals surface area contributed by atoms with Crippen LogP contribution < -0.4 is 10.6 Å². The summed E-state index contributed by atoms with van der Waals surface area (Å²) in [5.41, 5.74) is -0.242. The quantitative estimate of drug-likeness (QED) is 0.576. The molecule has 0 saturated heterocycles. The Morgan fingerprint density at radius 2 is 2.07 bits per heavy atom. The molecule has 0 aliphatic heterocycles. The highest BCUT2D eigenvalue weighted by Crippen LogP contribution is 2.11. The maximum Gasteiger partial charge on any atom is 0.224 e. The number of aliphatic hydroxyl groups is 1. The topological polar surface area (TPSA) is 61.4 Å². The lowest BCUT2D eigenvalue weighted by Crippen LogP contribution is -2.41. The van der Waals surface area contributed by atoms with E-state index in [4.69, 9.17) is 5.11 Å². The van der Waals surface area contributed by atoms with Crippen molar-refractivity contribution in [3.05, 3.63) is 0 Å². The zero-order valence-electron chi connectivity index (χ0n) is 10.3. The number of hydrogen-bond donors (Lipinski definition) is 3. The van der Waals surface area contributed by atoms with Crippen molar-refractivity contribution in [2.75, 3.05) is 26.2 Å². The molecule has 0 bridgehead atoms. The fourth-order valence-electron chi connectivity index (χ4n) is 1.01. The number of carbonyl (C=O) groups excluding carboxylic acids is 1. The Morgan fingerprint density at radius 3 is 2.53 bits per heavy atom. The van der Waals surface area contributed by atoms with Gasteiger partial charge in [-0.1, -0.05) is 27.7 Å². The maximum atomic E-state index is 11.6. The summed E-state index contributed by atoms with van der Waals surface area (Å²) in [7, 11) is 0. The molecule has 0 aliphatic carbocycles. The third kappa shape index (κ3) is 6.47. The number of aliphatic hydroxyl groups excluding tert-OH is 1. The lowest BCUT2D eigenvalue weighted by atomic mass is 9.95. The van der Waals surface area contributed by atoms with E-state index in [-0.39, 0.29) is 23.8 Å². The normalized spacial score (nSPS) is 13.7. The molecule has 0 fully saturated rings. The second-order valence-corrected chi connectivity index (χ2v) is 4.75. The molecule has 15 heavy (non-hydrogen) atoms. The van der Waals surface area contributed by atoms with Gasteiger partial charge in [0.2, 0.25) is 5.91 Å². The first-order valence-corrected chi connectivity index (χ1v) is 5.52. The minimum absolute atomic E-state index is 0.0283. The first-order valence-electron chi connectivity index (χ1n) is 5.52. The van der Waals surface area contributed by atoms with Crippen LogP contribution in [0.4, 0.5) is 0 Å². The van der Waals surface area contributed by atoms with Gasteiger partial charge < -0.3 is 15.7 Å². The molecule has 0 heterocycles. The van der Waals surface area contributed by atoms with Gasteiger partial charge in [0.25, 0.3) is 0 Å². The van der Waals surface area contributed by atoms with Crippen molar-refractivity contribution in [1.29, 1.82) is 0 Å². The summed E-state index contributed by atoms with van der Waals surface area (Å²) in [5.74, 6) is 0.0110. The van der Waals surface area contributed by atoms with Crippen molar-refractivity contribution >= 4 is 5.91 Å². The Labute approximate surface area is 92.4 Å². The summed E-state index contributed by atoms with van der Waals surface area (Å²) >= 11 is 0. The second kappa shape index (κ2) is 6.80. The number of nitrogens with one attached hydrogen (secondary N) is 2. The lowest BCUT2D eigenvalue weighted by molar-refractivity contribution is -0.124. The largest absolute Gasteiger partial charge is 0.396 e. The van der Waals surface area contributed by atoms with Crippen molar-refractivity contribution < 1.29 is 9.90 Å². The van der Waals surface area contributed by atoms with Crippen LogP contribution in [-0.4, -0.2) is 37.3 Å². The molecule has 90 valence electrons. The minimum Gasteiger partial charge on any atom is -0.396 e. The van der Waals surface area contributed by atoms with Gasteiger partial charge in [-0.25, -0.2) is 0 Å². The van der Waals surface area contributed by atoms with Crippen LogP contribution in [0, 0.1) is 11.3 Å². The van der Waals surface area contributed by atoms with Gasteiger partial charge in [0, 0.05) is 31.0 Å². The molecular weight excluding hydrogens is 192 g/mol. The van der Waals surface area contributed by atoms with E-state index >= 15 is 0 Å². The highest BCUT2D eigenvalue weighted by molar-refractivity contribution is 5.78. The average Bonchev–Trinajstić information content (AvgIpc) is 2.22. The molecule has 3 N–H and O–H groups in total. The number of rotatable bonds is 7. The van der Waals surface area contributed by atoms with Crippen molar-refractivity contribution in [2.45, 2.75) is 27.7 Å². The standard InChI is InChI=1S/C11H24N2O2/c1-5-12-6-9(2)10(15)13-7-11(3,4)8-14/h9,12,14H,5-8H2,1-4H3,(H,13,15). The average molecular weight is 216 g/mol. The van der Waals surface area contributed by atoms with E-state index < -0.39 is 0 Å². The smallest absolute Gasteiger partial charge is 0.224 e. The zero-order valence-corrected chi connectivity index (χ0v) is 10.3. The number of carbonyl (C=O) groups is 1. The predicted molar refractivity (Wildman–Crippen MR) is 61.6 cm³/mol. The molecule has 0 aromatic rings. The SMILES string of the molecule is CCNCC(C)C(=O)NCC(C)(C)CO. The monoisotopic (exact) mass is 216 g/mol. The van der Waals surface area contributed by atoms with Gasteiger partial charge in [0.05, 0.1) is 0 Å². The molecule has 0 aliphatic rings. The van der Waals surface area contributed by atoms with Crippen molar-refractivity contribution in [3.8, 4) is 0 Å². The summed E-state index contributed by atoms with van der Waals surface area (Å²) in [6.07, 6.45) is 0. The van der Waals surface area contributed by atoms with Gasteiger partial charge in [-0.05, 0) is 6.54 Å². The number of hydrogen-bond acceptors (Lipinski definition) is 3. The first kappa shape index (κ1) is 14.4. The lowest BCUT2D eigenvalue weighted by Gasteiger charge is -2.23. The number of amides is 1. The summed E-state index contributed by atoms with van der Waals surface area (Å²) in [4.78, 5) is 11.6. The van der Waals surface area contributed by atoms with Crippen LogP contribution in [-0.2, 0) is 4.79 Å². The maximum absolute atomic E-state index is 11.6. The molecule has 0 rings (SSSR count). The minimum atomic E-state index is -0.242. The Hall–Kier alpha value is -0.610. The van der Waals surface area contributed by atoms with E-state index in [2.05, 4.69) is 10.6 Å². The van der Waals surface area contributed by atoms with Crippen LogP contribution >= 0.6 is 0 Å². The van der Waals surface area contributed by atoms with E-state index in [0.717, 1.165) is 6.54 Å². The fraction of sp³-hybridized carbons (Fsp3) is 0.909. The highest BCUT2D eigenvalue weighted by Gasteiger charge is 2.19. The van der Waals surface area contributed by atoms with Crippen molar-refractivity contribution in [1.82, 2.24) is 10.6 Å². The van der Waals surface area contributed by atoms with Gasteiger partial charge >= 0.3 is 0 Å². The molecule has 4 heteroatoms. The zero-order chi connectivity index (χ0) is 11.9. The molecule has 0 spiro atoms. The predicted octanol–water partition coefficient (Wildman–Crippen LogP) is 0.367. The molecule has 1 amide bonds. The molecule has 0 radical (unpaired) electrons. The Morgan fingerprint density at radius 1 is 1.47 bits per heavy atom. The van der Waals surface area contributed by atoms with E-state index in [1.165, 1.54) is 0 Å². The van der Waals surface area contributed by atoms with E-state index in [1.807, 2.05) is 27.7 Å². The third-order valence-electron chi connectivity index (χ3n) is 2.32. The van der Waals surface area contributed by atoms with Gasteiger partial charge in [0.1, 0.15) is 0 Å². The van der Waals surface area contributed by atoms with Crippen LogP contribution in [0.2, 0.25) is 0 Å². The molecule has 0 saturated carbocycles. The summed E-state index contributed by atoms with van der Waals surface area (Å²) in [6.45, 7) is 9.91. The van der Waals surface area contributed by atoms with Crippen LogP contribution in [0.1, 0.15) is 27.7 Å². The summed E-state index contributed by atoms with van der Waals surface area (Å²) in [6, 6.07) is 0. The molecule has 1 atom stereocenters. The van der Waals surface area contributed by atoms with E-state index in [9.17, 15) is 4.79 Å². The second-order valence-electron chi connectivity index (χ2n) is 4.75. The van der Waals surface area contributed by atoms with E-state index in [0.29, 0.717) is 13.1 Å². The summed E-state index contributed by atoms with van der Waals surface area (Å²) < 4.78 is 0. The van der Waals surface area contributed by atoms with Crippen LogP contribution in [0.25, 0.3) is 0 Å². The van der Waals surface area contributed by atoms with Crippen LogP contribution in [0.15, 0.2) is 0 Å². The Kier molecular flexibility index (Phi) is 6.52. The van der Waals surface area contributed by atoms with Gasteiger partial charge in [0.15, 0.2) is 0 Å². The molecule has 0 aromatic carbocycles. The Bertz CT molecular complexity index is 193. The van der Waals surface area contributed by atoms with Crippen molar-refractivity contribution in [2.24, 2.45) is 11.3 Å². The first-order chi connectivity index (χ1) is 6.93. The van der Waals surface area contributed by atoms with Crippen LogP contribution in [0.5, 0.6) is 0 Å². The Balaban J connectivity index is 3.82. The molecular formula is C11H24N2O2. The van der Waals surface area contributed by atoms with Gasteiger partial charge in [-0.2, -0.15) is 0 Å². The molecule has 0 aromatic heterocycles. The highest BCUT2D eigenvalue weighted by atomic mass is 16.3. The summed E-state index contributed by atoms with van der Waals surface area (Å²) in [5, 5.41) is 15.0. The van der Waals surface area contributed by atoms with Crippen molar-refractivity contribution in [3.63, 3.8) is 0 Å². The third-order valence-corrected chi connectivity index (χ3v) is 2.32. The molecule has 4 nitrogen and oxygen atoms in total. The fourth-order valence-corrected chi connectivity index (χ4v) is 1.01. The van der Waals surface area contributed by atoms with Gasteiger partial charge in [-0.15, -0.1) is 0 Å². The molecule has 1 unspecified atom stereocenters.